The van der Waals surface area contributed by atoms with Gasteiger partial charge in [0.2, 0.25) is 0 Å². The van der Waals surface area contributed by atoms with Crippen LogP contribution >= 0.6 is 0 Å². The van der Waals surface area contributed by atoms with Crippen molar-refractivity contribution in [3.8, 4) is 0 Å². The van der Waals surface area contributed by atoms with Crippen LogP contribution in [0.25, 0.3) is 0 Å². The van der Waals surface area contributed by atoms with Gasteiger partial charge in [-0.2, -0.15) is 0 Å². The first-order chi connectivity index (χ1) is 15.5. The van der Waals surface area contributed by atoms with Crippen LogP contribution in [0.5, 0.6) is 0 Å². The van der Waals surface area contributed by atoms with E-state index in [-0.39, 0.29) is 23.2 Å². The molecule has 1 N–H and O–H groups in total. The molecule has 0 amide bonds. The minimum atomic E-state index is -0.129. The average molecular weight is 438 g/mol. The van der Waals surface area contributed by atoms with Gasteiger partial charge < -0.3 is 5.11 Å². The lowest BCUT2D eigenvalue weighted by Crippen LogP contribution is -2.47. The molecule has 176 valence electrons. The lowest BCUT2D eigenvalue weighted by Gasteiger charge is -2.53. The van der Waals surface area contributed by atoms with Gasteiger partial charge in [-0.3, -0.25) is 9.79 Å². The van der Waals surface area contributed by atoms with Gasteiger partial charge in [0.15, 0.2) is 5.78 Å². The zero-order valence-electron chi connectivity index (χ0n) is 20.6. The number of aliphatic hydroxyl groups is 1. The van der Waals surface area contributed by atoms with Crippen LogP contribution in [-0.4, -0.2) is 30.3 Å². The smallest absolute Gasteiger partial charge is 0.159 e. The molecule has 3 nitrogen and oxygen atoms in total. The van der Waals surface area contributed by atoms with Gasteiger partial charge in [-0.25, -0.2) is 0 Å². The van der Waals surface area contributed by atoms with E-state index in [0.717, 1.165) is 49.5 Å². The van der Waals surface area contributed by atoms with E-state index in [9.17, 15) is 9.90 Å². The summed E-state index contributed by atoms with van der Waals surface area (Å²) >= 11 is 0. The lowest BCUT2D eigenvalue weighted by atomic mass is 9.51. The van der Waals surface area contributed by atoms with Gasteiger partial charge in [-0.1, -0.05) is 51.2 Å². The monoisotopic (exact) mass is 437 g/mol. The molecule has 4 rings (SSSR count). The van der Waals surface area contributed by atoms with E-state index in [2.05, 4.69) is 24.6 Å². The van der Waals surface area contributed by atoms with E-state index in [1.807, 2.05) is 26.0 Å². The SMILES string of the molecule is C=C/C=C(C=NC)/C=C/C(=O)C1CCC2C3CC=C4CC(O)CCC4C3CCC12C.CC. The Morgan fingerprint density at radius 1 is 1.16 bits per heavy atom. The van der Waals surface area contributed by atoms with Crippen LogP contribution in [0.3, 0.4) is 0 Å². The first-order valence-electron chi connectivity index (χ1n) is 12.8. The number of hydrogen-bond donors (Lipinski definition) is 1. The minimum absolute atomic E-state index is 0.128. The fourth-order valence-electron chi connectivity index (χ4n) is 7.44. The number of allylic oxidation sites excluding steroid dienone is 6. The quantitative estimate of drug-likeness (QED) is 0.231. The van der Waals surface area contributed by atoms with Gasteiger partial charge in [0.1, 0.15) is 0 Å². The summed E-state index contributed by atoms with van der Waals surface area (Å²) in [5.41, 5.74) is 2.57. The zero-order chi connectivity index (χ0) is 23.3. The molecule has 7 unspecified atom stereocenters. The molecule has 3 saturated carbocycles. The number of fused-ring (bicyclic) bond motifs is 5. The number of nitrogens with zero attached hydrogens (tertiary/aromatic N) is 1. The number of rotatable bonds is 5. The molecule has 0 bridgehead atoms. The van der Waals surface area contributed by atoms with Crippen LogP contribution in [0.15, 0.2) is 53.1 Å². The third-order valence-corrected chi connectivity index (χ3v) is 8.79. The van der Waals surface area contributed by atoms with Crippen LogP contribution < -0.4 is 0 Å². The summed E-state index contributed by atoms with van der Waals surface area (Å²) in [5, 5.41) is 10.1. The molecule has 0 saturated heterocycles. The number of aliphatic hydroxyl groups excluding tert-OH is 1. The molecule has 3 fully saturated rings. The molecular weight excluding hydrogens is 394 g/mol. The summed E-state index contributed by atoms with van der Waals surface area (Å²) in [7, 11) is 1.74. The number of hydrogen-bond acceptors (Lipinski definition) is 3. The Labute approximate surface area is 195 Å². The van der Waals surface area contributed by atoms with Crippen molar-refractivity contribution in [2.45, 2.75) is 78.2 Å². The fraction of sp³-hybridized carbons (Fsp3) is 0.655. The van der Waals surface area contributed by atoms with Crippen LogP contribution in [-0.2, 0) is 4.79 Å². The second-order valence-electron chi connectivity index (χ2n) is 10.2. The summed E-state index contributed by atoms with van der Waals surface area (Å²) < 4.78 is 0. The highest BCUT2D eigenvalue weighted by molar-refractivity contribution is 5.95. The van der Waals surface area contributed by atoms with Crippen molar-refractivity contribution in [1.82, 2.24) is 0 Å². The van der Waals surface area contributed by atoms with Crippen molar-refractivity contribution in [2.75, 3.05) is 7.05 Å². The first-order valence-corrected chi connectivity index (χ1v) is 12.8. The van der Waals surface area contributed by atoms with E-state index >= 15 is 0 Å². The molecule has 32 heavy (non-hydrogen) atoms. The molecule has 3 heteroatoms. The molecule has 0 aromatic rings. The lowest BCUT2D eigenvalue weighted by molar-refractivity contribution is -0.124. The maximum absolute atomic E-state index is 13.2. The molecule has 0 aromatic carbocycles. The van der Waals surface area contributed by atoms with E-state index < -0.39 is 0 Å². The van der Waals surface area contributed by atoms with E-state index in [1.54, 1.807) is 25.4 Å². The Morgan fingerprint density at radius 3 is 2.66 bits per heavy atom. The highest BCUT2D eigenvalue weighted by Gasteiger charge is 2.57. The first kappa shape index (κ1) is 24.9. The molecule has 4 aliphatic rings. The van der Waals surface area contributed by atoms with Crippen molar-refractivity contribution in [1.29, 1.82) is 0 Å². The summed E-state index contributed by atoms with van der Waals surface area (Å²) in [5.74, 6) is 3.25. The van der Waals surface area contributed by atoms with Gasteiger partial charge in [-0.05, 0) is 98.2 Å². The zero-order valence-corrected chi connectivity index (χ0v) is 20.6. The second-order valence-corrected chi connectivity index (χ2v) is 10.2. The topological polar surface area (TPSA) is 49.7 Å². The summed E-state index contributed by atoms with van der Waals surface area (Å²) in [4.78, 5) is 17.3. The third-order valence-electron chi connectivity index (χ3n) is 8.79. The summed E-state index contributed by atoms with van der Waals surface area (Å²) in [6.07, 6.45) is 20.2. The highest BCUT2D eigenvalue weighted by atomic mass is 16.3. The Balaban J connectivity index is 0.00000141. The van der Waals surface area contributed by atoms with Crippen LogP contribution in [0.2, 0.25) is 0 Å². The maximum Gasteiger partial charge on any atom is 0.159 e. The third kappa shape index (κ3) is 4.78. The summed E-state index contributed by atoms with van der Waals surface area (Å²) in [6, 6.07) is 0. The Kier molecular flexibility index (Phi) is 8.49. The second kappa shape index (κ2) is 10.9. The largest absolute Gasteiger partial charge is 0.393 e. The molecule has 0 heterocycles. The number of carbonyl (C=O) groups excluding carboxylic acids is 1. The van der Waals surface area contributed by atoms with Crippen molar-refractivity contribution in [3.63, 3.8) is 0 Å². The van der Waals surface area contributed by atoms with E-state index in [0.29, 0.717) is 11.8 Å². The minimum Gasteiger partial charge on any atom is -0.393 e. The molecule has 4 aliphatic carbocycles. The van der Waals surface area contributed by atoms with Gasteiger partial charge in [0, 0.05) is 19.2 Å². The van der Waals surface area contributed by atoms with Crippen molar-refractivity contribution >= 4 is 12.0 Å². The normalized spacial score (nSPS) is 38.9. The van der Waals surface area contributed by atoms with Gasteiger partial charge >= 0.3 is 0 Å². The highest BCUT2D eigenvalue weighted by Crippen LogP contribution is 2.63. The van der Waals surface area contributed by atoms with Crippen molar-refractivity contribution in [2.24, 2.45) is 40.0 Å². The predicted molar refractivity (Wildman–Crippen MR) is 135 cm³/mol. The van der Waals surface area contributed by atoms with Crippen LogP contribution in [0, 0.1) is 35.0 Å². The van der Waals surface area contributed by atoms with Crippen molar-refractivity contribution < 1.29 is 9.90 Å². The molecule has 0 radical (unpaired) electrons. The van der Waals surface area contributed by atoms with E-state index in [4.69, 9.17) is 0 Å². The number of aliphatic imine (C=N–C) groups is 1. The fourth-order valence-corrected chi connectivity index (χ4v) is 7.44. The van der Waals surface area contributed by atoms with Gasteiger partial charge in [0.25, 0.3) is 0 Å². The average Bonchev–Trinajstić information content (AvgIpc) is 3.16. The Morgan fingerprint density at radius 2 is 1.94 bits per heavy atom. The molecule has 0 aliphatic heterocycles. The van der Waals surface area contributed by atoms with Gasteiger partial charge in [0.05, 0.1) is 6.10 Å². The molecule has 7 atom stereocenters. The maximum atomic E-state index is 13.2. The Bertz CT molecular complexity index is 804. The number of carbonyl (C=O) groups is 1. The molecular formula is C29H43NO2. The van der Waals surface area contributed by atoms with E-state index in [1.165, 1.54) is 24.8 Å². The standard InChI is InChI=1S/C27H37NO2.C2H6/c1-4-5-18(17-28-3)6-13-26(30)25-12-11-24-23-9-7-19-16-20(29)8-10-21(19)22(23)14-15-27(24,25)2;1-2/h4-7,13,17,20-25,29H,1,8-12,14-16H2,2-3H3;1-2H3/b13-6+,18-5-,28-17?;. The van der Waals surface area contributed by atoms with Crippen molar-refractivity contribution in [3.05, 3.63) is 48.1 Å². The van der Waals surface area contributed by atoms with Crippen LogP contribution in [0.1, 0.15) is 72.1 Å². The summed E-state index contributed by atoms with van der Waals surface area (Å²) in [6.45, 7) is 10.1. The molecule has 0 spiro atoms. The van der Waals surface area contributed by atoms with Crippen LogP contribution in [0.4, 0.5) is 0 Å². The predicted octanol–water partition coefficient (Wildman–Crippen LogP) is 6.50. The number of ketones is 1. The Hall–Kier alpha value is -1.74. The molecule has 0 aromatic heterocycles. The van der Waals surface area contributed by atoms with Gasteiger partial charge in [-0.15, -0.1) is 0 Å².